The van der Waals surface area contributed by atoms with E-state index in [0.717, 1.165) is 29.3 Å². The molecule has 3 nitrogen and oxygen atoms in total. The normalized spacial score (nSPS) is 18.1. The minimum Gasteiger partial charge on any atom is -0.397 e. The Morgan fingerprint density at radius 3 is 2.44 bits per heavy atom. The van der Waals surface area contributed by atoms with Gasteiger partial charge in [0.1, 0.15) is 5.82 Å². The smallest absolute Gasteiger partial charge is 0.143 e. The van der Waals surface area contributed by atoms with Crippen LogP contribution >= 0.6 is 15.9 Å². The summed E-state index contributed by atoms with van der Waals surface area (Å²) in [5, 5.41) is 0. The number of nitrogen functional groups attached to an aromatic ring is 1. The topological polar surface area (TPSA) is 42.2 Å². The molecule has 1 fully saturated rings. The highest BCUT2D eigenvalue weighted by Gasteiger charge is 2.29. The zero-order valence-corrected chi connectivity index (χ0v) is 13.0. The number of piperidine rings is 1. The highest BCUT2D eigenvalue weighted by molar-refractivity contribution is 9.10. The minimum absolute atomic E-state index is 0.415. The summed E-state index contributed by atoms with van der Waals surface area (Å²) in [6.45, 7) is 9.18. The van der Waals surface area contributed by atoms with Crippen molar-refractivity contribution in [1.82, 2.24) is 4.98 Å². The van der Waals surface area contributed by atoms with Crippen LogP contribution in [0.25, 0.3) is 0 Å². The van der Waals surface area contributed by atoms with Crippen molar-refractivity contribution in [3.8, 4) is 0 Å². The molecule has 0 radical (unpaired) electrons. The van der Waals surface area contributed by atoms with Crippen LogP contribution in [0.15, 0.2) is 16.7 Å². The number of rotatable bonds is 1. The molecule has 18 heavy (non-hydrogen) atoms. The fourth-order valence-electron chi connectivity index (χ4n) is 2.64. The summed E-state index contributed by atoms with van der Waals surface area (Å²) < 4.78 is 0.997. The Hall–Kier alpha value is -0.770. The SMILES string of the molecule is CC(C)(C)C1CCN(c2ncc(N)cc2Br)CC1. The second-order valence-electron chi connectivity index (χ2n) is 6.20. The zero-order chi connectivity index (χ0) is 13.3. The molecule has 0 atom stereocenters. The Balaban J connectivity index is 2.06. The molecule has 1 aromatic heterocycles. The number of pyridine rings is 1. The van der Waals surface area contributed by atoms with E-state index >= 15 is 0 Å². The molecule has 0 bridgehead atoms. The van der Waals surface area contributed by atoms with Crippen LogP contribution in [-0.2, 0) is 0 Å². The number of nitrogens with two attached hydrogens (primary N) is 1. The van der Waals surface area contributed by atoms with Crippen LogP contribution in [0.2, 0.25) is 0 Å². The van der Waals surface area contributed by atoms with Gasteiger partial charge in [0, 0.05) is 13.1 Å². The van der Waals surface area contributed by atoms with Gasteiger partial charge < -0.3 is 10.6 Å². The van der Waals surface area contributed by atoms with Gasteiger partial charge in [-0.3, -0.25) is 0 Å². The molecule has 2 heterocycles. The average molecular weight is 312 g/mol. The van der Waals surface area contributed by atoms with Gasteiger partial charge >= 0.3 is 0 Å². The van der Waals surface area contributed by atoms with E-state index in [4.69, 9.17) is 5.73 Å². The Morgan fingerprint density at radius 1 is 1.33 bits per heavy atom. The third-order valence-electron chi connectivity index (χ3n) is 3.86. The average Bonchev–Trinajstić information content (AvgIpc) is 2.28. The molecule has 0 aromatic carbocycles. The van der Waals surface area contributed by atoms with Crippen molar-refractivity contribution in [1.29, 1.82) is 0 Å². The van der Waals surface area contributed by atoms with Gasteiger partial charge in [-0.05, 0) is 46.2 Å². The maximum atomic E-state index is 5.73. The molecule has 4 heteroatoms. The lowest BCUT2D eigenvalue weighted by Gasteiger charge is -2.39. The van der Waals surface area contributed by atoms with Crippen LogP contribution in [0.4, 0.5) is 11.5 Å². The molecular formula is C14H22BrN3. The van der Waals surface area contributed by atoms with Crippen molar-refractivity contribution < 1.29 is 0 Å². The van der Waals surface area contributed by atoms with E-state index < -0.39 is 0 Å². The van der Waals surface area contributed by atoms with Crippen LogP contribution < -0.4 is 10.6 Å². The number of anilines is 2. The van der Waals surface area contributed by atoms with Crippen molar-refractivity contribution in [3.05, 3.63) is 16.7 Å². The van der Waals surface area contributed by atoms with Gasteiger partial charge in [0.2, 0.25) is 0 Å². The predicted octanol–water partition coefficient (Wildman–Crippen LogP) is 3.69. The molecule has 0 aliphatic carbocycles. The Kier molecular flexibility index (Phi) is 3.85. The third-order valence-corrected chi connectivity index (χ3v) is 4.45. The number of halogens is 1. The Morgan fingerprint density at radius 2 is 1.94 bits per heavy atom. The first kappa shape index (κ1) is 13.7. The van der Waals surface area contributed by atoms with E-state index in [1.807, 2.05) is 6.07 Å². The van der Waals surface area contributed by atoms with Crippen molar-refractivity contribution in [2.45, 2.75) is 33.6 Å². The third kappa shape index (κ3) is 2.97. The van der Waals surface area contributed by atoms with Gasteiger partial charge in [-0.1, -0.05) is 20.8 Å². The first-order valence-electron chi connectivity index (χ1n) is 6.54. The van der Waals surface area contributed by atoms with Gasteiger partial charge in [-0.25, -0.2) is 4.98 Å². The minimum atomic E-state index is 0.415. The van der Waals surface area contributed by atoms with Gasteiger partial charge in [-0.2, -0.15) is 0 Å². The summed E-state index contributed by atoms with van der Waals surface area (Å²) in [7, 11) is 0. The summed E-state index contributed by atoms with van der Waals surface area (Å²) in [5.41, 5.74) is 6.84. The second kappa shape index (κ2) is 5.08. The molecule has 2 rings (SSSR count). The van der Waals surface area contributed by atoms with Gasteiger partial charge in [0.15, 0.2) is 0 Å². The fourth-order valence-corrected chi connectivity index (χ4v) is 3.25. The van der Waals surface area contributed by atoms with E-state index in [2.05, 4.69) is 46.6 Å². The van der Waals surface area contributed by atoms with Crippen LogP contribution in [0, 0.1) is 11.3 Å². The molecule has 0 spiro atoms. The molecule has 1 saturated heterocycles. The van der Waals surface area contributed by atoms with Gasteiger partial charge in [-0.15, -0.1) is 0 Å². The summed E-state index contributed by atoms with van der Waals surface area (Å²) in [5.74, 6) is 1.83. The fraction of sp³-hybridized carbons (Fsp3) is 0.643. The van der Waals surface area contributed by atoms with E-state index in [9.17, 15) is 0 Å². The molecular weight excluding hydrogens is 290 g/mol. The van der Waals surface area contributed by atoms with Crippen molar-refractivity contribution in [2.75, 3.05) is 23.7 Å². The second-order valence-corrected chi connectivity index (χ2v) is 7.06. The van der Waals surface area contributed by atoms with Crippen LogP contribution in [0.1, 0.15) is 33.6 Å². The molecule has 1 aliphatic rings. The van der Waals surface area contributed by atoms with Gasteiger partial charge in [0.05, 0.1) is 16.4 Å². The molecule has 2 N–H and O–H groups in total. The molecule has 0 unspecified atom stereocenters. The van der Waals surface area contributed by atoms with Crippen molar-refractivity contribution in [2.24, 2.45) is 11.3 Å². The van der Waals surface area contributed by atoms with Crippen molar-refractivity contribution >= 4 is 27.4 Å². The maximum Gasteiger partial charge on any atom is 0.143 e. The Bertz CT molecular complexity index is 418. The summed E-state index contributed by atoms with van der Waals surface area (Å²) in [4.78, 5) is 6.80. The molecule has 0 amide bonds. The number of nitrogens with zero attached hydrogens (tertiary/aromatic N) is 2. The zero-order valence-electron chi connectivity index (χ0n) is 11.4. The van der Waals surface area contributed by atoms with Crippen LogP contribution in [0.5, 0.6) is 0 Å². The first-order valence-corrected chi connectivity index (χ1v) is 7.33. The van der Waals surface area contributed by atoms with E-state index in [1.165, 1.54) is 12.8 Å². The van der Waals surface area contributed by atoms with E-state index in [0.29, 0.717) is 11.1 Å². The summed E-state index contributed by atoms with van der Waals surface area (Å²) in [6.07, 6.45) is 4.21. The lowest BCUT2D eigenvalue weighted by atomic mass is 9.75. The molecule has 0 saturated carbocycles. The lowest BCUT2D eigenvalue weighted by molar-refractivity contribution is 0.198. The summed E-state index contributed by atoms with van der Waals surface area (Å²) in [6, 6.07) is 1.93. The largest absolute Gasteiger partial charge is 0.397 e. The van der Waals surface area contributed by atoms with E-state index in [1.54, 1.807) is 6.20 Å². The van der Waals surface area contributed by atoms with Crippen molar-refractivity contribution in [3.63, 3.8) is 0 Å². The number of aromatic nitrogens is 1. The molecule has 1 aromatic rings. The van der Waals surface area contributed by atoms with Crippen LogP contribution in [0.3, 0.4) is 0 Å². The first-order chi connectivity index (χ1) is 8.38. The molecule has 1 aliphatic heterocycles. The van der Waals surface area contributed by atoms with E-state index in [-0.39, 0.29) is 0 Å². The predicted molar refractivity (Wildman–Crippen MR) is 80.7 cm³/mol. The number of hydrogen-bond donors (Lipinski definition) is 1. The maximum absolute atomic E-state index is 5.73. The standard InChI is InChI=1S/C14H22BrN3/c1-14(2,3)10-4-6-18(7-5-10)13-12(15)8-11(16)9-17-13/h8-10H,4-7,16H2,1-3H3. The Labute approximate surface area is 118 Å². The number of hydrogen-bond acceptors (Lipinski definition) is 3. The quantitative estimate of drug-likeness (QED) is 0.860. The monoisotopic (exact) mass is 311 g/mol. The van der Waals surface area contributed by atoms with Crippen LogP contribution in [-0.4, -0.2) is 18.1 Å². The summed E-state index contributed by atoms with van der Waals surface area (Å²) >= 11 is 3.55. The van der Waals surface area contributed by atoms with Gasteiger partial charge in [0.25, 0.3) is 0 Å². The molecule has 100 valence electrons. The highest BCUT2D eigenvalue weighted by atomic mass is 79.9. The lowest BCUT2D eigenvalue weighted by Crippen LogP contribution is -2.38. The highest BCUT2D eigenvalue weighted by Crippen LogP contribution is 2.36.